The van der Waals surface area contributed by atoms with Crippen LogP contribution < -0.4 is 10.1 Å². The summed E-state index contributed by atoms with van der Waals surface area (Å²) < 4.78 is 5.57. The fraction of sp³-hybridized carbons (Fsp3) is 0.286. The Morgan fingerprint density at radius 2 is 1.80 bits per heavy atom. The average Bonchev–Trinajstić information content (AvgIpc) is 3.06. The number of hydrogen-bond acceptors (Lipinski definition) is 2. The van der Waals surface area contributed by atoms with Gasteiger partial charge in [-0.1, -0.05) is 50.2 Å². The second kappa shape index (κ2) is 7.43. The molecule has 130 valence electrons. The molecule has 0 radical (unpaired) electrons. The molecule has 1 heterocycles. The normalized spacial score (nSPS) is 11.4. The predicted molar refractivity (Wildman–Crippen MR) is 101 cm³/mol. The van der Waals surface area contributed by atoms with E-state index in [1.54, 1.807) is 0 Å². The van der Waals surface area contributed by atoms with Crippen LogP contribution in [-0.2, 0) is 10.2 Å². The Balaban J connectivity index is 1.52. The van der Waals surface area contributed by atoms with E-state index < -0.39 is 0 Å². The minimum Gasteiger partial charge on any atom is -0.493 e. The van der Waals surface area contributed by atoms with Crippen molar-refractivity contribution in [2.75, 3.05) is 13.2 Å². The van der Waals surface area contributed by atoms with Crippen molar-refractivity contribution in [2.45, 2.75) is 25.7 Å². The number of aromatic nitrogens is 1. The van der Waals surface area contributed by atoms with Crippen molar-refractivity contribution in [1.82, 2.24) is 10.3 Å². The lowest BCUT2D eigenvalue weighted by atomic mass is 9.84. The van der Waals surface area contributed by atoms with Crippen LogP contribution in [0.25, 0.3) is 10.9 Å². The number of carbonyl (C=O) groups excluding carboxylic acids is 1. The molecular formula is C21H24N2O2. The number of benzene rings is 2. The highest BCUT2D eigenvalue weighted by Crippen LogP contribution is 2.29. The van der Waals surface area contributed by atoms with E-state index >= 15 is 0 Å². The first-order valence-corrected chi connectivity index (χ1v) is 8.57. The van der Waals surface area contributed by atoms with Gasteiger partial charge < -0.3 is 15.0 Å². The van der Waals surface area contributed by atoms with E-state index in [1.807, 2.05) is 48.7 Å². The summed E-state index contributed by atoms with van der Waals surface area (Å²) in [5.74, 6) is 0.790. The second-order valence-electron chi connectivity index (χ2n) is 6.82. The molecule has 1 aromatic heterocycles. The Morgan fingerprint density at radius 1 is 1.08 bits per heavy atom. The van der Waals surface area contributed by atoms with Crippen molar-refractivity contribution < 1.29 is 9.53 Å². The molecule has 1 amide bonds. The Kier molecular flexibility index (Phi) is 5.08. The van der Waals surface area contributed by atoms with Crippen LogP contribution in [0.2, 0.25) is 0 Å². The number of carbonyl (C=O) groups is 1. The Labute approximate surface area is 148 Å². The van der Waals surface area contributed by atoms with Crippen LogP contribution in [0.5, 0.6) is 5.75 Å². The fourth-order valence-electron chi connectivity index (χ4n) is 2.91. The lowest BCUT2D eigenvalue weighted by Gasteiger charge is -2.25. The molecule has 3 rings (SSSR count). The van der Waals surface area contributed by atoms with Gasteiger partial charge in [-0.25, -0.2) is 0 Å². The van der Waals surface area contributed by atoms with Crippen LogP contribution in [0.4, 0.5) is 0 Å². The zero-order valence-electron chi connectivity index (χ0n) is 14.7. The molecule has 0 aliphatic rings. The number of amides is 1. The summed E-state index contributed by atoms with van der Waals surface area (Å²) in [6.45, 7) is 5.25. The van der Waals surface area contributed by atoms with Gasteiger partial charge in [0.25, 0.3) is 0 Å². The van der Waals surface area contributed by atoms with E-state index in [0.29, 0.717) is 19.6 Å². The Bertz CT molecular complexity index is 837. The number of ether oxygens (including phenoxy) is 1. The summed E-state index contributed by atoms with van der Waals surface area (Å²) in [5.41, 5.74) is 2.17. The first kappa shape index (κ1) is 17.1. The third-order valence-corrected chi connectivity index (χ3v) is 4.39. The van der Waals surface area contributed by atoms with Crippen LogP contribution in [0.1, 0.15) is 25.8 Å². The van der Waals surface area contributed by atoms with Gasteiger partial charge in [0.2, 0.25) is 5.91 Å². The molecule has 0 unspecified atom stereocenters. The highest BCUT2D eigenvalue weighted by molar-refractivity contribution is 5.84. The van der Waals surface area contributed by atoms with E-state index in [9.17, 15) is 4.79 Å². The number of nitrogens with one attached hydrogen (secondary N) is 2. The average molecular weight is 336 g/mol. The molecule has 2 N–H and O–H groups in total. The van der Waals surface area contributed by atoms with E-state index in [0.717, 1.165) is 11.3 Å². The molecular weight excluding hydrogens is 312 g/mol. The van der Waals surface area contributed by atoms with Crippen LogP contribution in [0, 0.1) is 0 Å². The number of H-pyrrole nitrogens is 1. The largest absolute Gasteiger partial charge is 0.493 e. The topological polar surface area (TPSA) is 54.1 Å². The monoisotopic (exact) mass is 336 g/mol. The standard InChI is InChI=1S/C21H24N2O2/c1-21(2,18-14-22-19-11-7-6-10-17(18)19)15-23-20(24)12-13-25-16-8-4-3-5-9-16/h3-11,14,22H,12-13,15H2,1-2H3,(H,23,24). The third kappa shape index (κ3) is 4.21. The maximum absolute atomic E-state index is 12.1. The number of para-hydroxylation sites is 2. The molecule has 0 spiro atoms. The predicted octanol–water partition coefficient (Wildman–Crippen LogP) is 4.03. The van der Waals surface area contributed by atoms with Crippen LogP contribution in [0.3, 0.4) is 0 Å². The van der Waals surface area contributed by atoms with E-state index in [1.165, 1.54) is 10.9 Å². The summed E-state index contributed by atoms with van der Waals surface area (Å²) in [6.07, 6.45) is 2.38. The summed E-state index contributed by atoms with van der Waals surface area (Å²) in [5, 5.41) is 4.23. The first-order chi connectivity index (χ1) is 12.1. The summed E-state index contributed by atoms with van der Waals surface area (Å²) in [6, 6.07) is 17.8. The SMILES string of the molecule is CC(C)(CNC(=O)CCOc1ccccc1)c1c[nH]c2ccccc12. The maximum Gasteiger partial charge on any atom is 0.223 e. The van der Waals surface area contributed by atoms with E-state index in [-0.39, 0.29) is 11.3 Å². The van der Waals surface area contributed by atoms with Crippen molar-refractivity contribution in [3.8, 4) is 5.75 Å². The van der Waals surface area contributed by atoms with Crippen molar-refractivity contribution in [1.29, 1.82) is 0 Å². The van der Waals surface area contributed by atoms with Gasteiger partial charge in [0.05, 0.1) is 13.0 Å². The van der Waals surface area contributed by atoms with Gasteiger partial charge in [-0.3, -0.25) is 4.79 Å². The van der Waals surface area contributed by atoms with Crippen molar-refractivity contribution in [3.63, 3.8) is 0 Å². The van der Waals surface area contributed by atoms with Gasteiger partial charge in [0.15, 0.2) is 0 Å². The molecule has 0 fully saturated rings. The van der Waals surface area contributed by atoms with Crippen molar-refractivity contribution in [2.24, 2.45) is 0 Å². The minimum absolute atomic E-state index is 0.00356. The minimum atomic E-state index is -0.157. The Morgan fingerprint density at radius 3 is 2.60 bits per heavy atom. The molecule has 0 atom stereocenters. The van der Waals surface area contributed by atoms with Gasteiger partial charge in [-0.15, -0.1) is 0 Å². The van der Waals surface area contributed by atoms with Crippen LogP contribution >= 0.6 is 0 Å². The van der Waals surface area contributed by atoms with E-state index in [2.05, 4.69) is 36.3 Å². The molecule has 0 saturated carbocycles. The lowest BCUT2D eigenvalue weighted by molar-refractivity contribution is -0.121. The van der Waals surface area contributed by atoms with Crippen LogP contribution in [0.15, 0.2) is 60.8 Å². The molecule has 0 bridgehead atoms. The first-order valence-electron chi connectivity index (χ1n) is 8.57. The number of aromatic amines is 1. The quantitative estimate of drug-likeness (QED) is 0.684. The molecule has 0 aliphatic carbocycles. The summed E-state index contributed by atoms with van der Waals surface area (Å²) in [7, 11) is 0. The van der Waals surface area contributed by atoms with Gasteiger partial charge >= 0.3 is 0 Å². The lowest BCUT2D eigenvalue weighted by Crippen LogP contribution is -2.37. The second-order valence-corrected chi connectivity index (χ2v) is 6.82. The number of fused-ring (bicyclic) bond motifs is 1. The summed E-state index contributed by atoms with van der Waals surface area (Å²) in [4.78, 5) is 15.4. The van der Waals surface area contributed by atoms with Gasteiger partial charge in [-0.2, -0.15) is 0 Å². The zero-order chi connectivity index (χ0) is 17.7. The number of hydrogen-bond donors (Lipinski definition) is 2. The van der Waals surface area contributed by atoms with E-state index in [4.69, 9.17) is 4.74 Å². The van der Waals surface area contributed by atoms with Gasteiger partial charge in [0.1, 0.15) is 5.75 Å². The van der Waals surface area contributed by atoms with Gasteiger partial charge in [0, 0.05) is 29.1 Å². The molecule has 3 aromatic rings. The van der Waals surface area contributed by atoms with Crippen LogP contribution in [-0.4, -0.2) is 24.0 Å². The molecule has 25 heavy (non-hydrogen) atoms. The maximum atomic E-state index is 12.1. The zero-order valence-corrected chi connectivity index (χ0v) is 14.7. The molecule has 4 heteroatoms. The fourth-order valence-corrected chi connectivity index (χ4v) is 2.91. The highest BCUT2D eigenvalue weighted by atomic mass is 16.5. The number of rotatable bonds is 7. The Hall–Kier alpha value is -2.75. The van der Waals surface area contributed by atoms with Gasteiger partial charge in [-0.05, 0) is 23.8 Å². The molecule has 4 nitrogen and oxygen atoms in total. The third-order valence-electron chi connectivity index (χ3n) is 4.39. The molecule has 0 saturated heterocycles. The summed E-state index contributed by atoms with van der Waals surface area (Å²) >= 11 is 0. The highest BCUT2D eigenvalue weighted by Gasteiger charge is 2.24. The molecule has 2 aromatic carbocycles. The van der Waals surface area contributed by atoms with Crippen molar-refractivity contribution >= 4 is 16.8 Å². The molecule has 0 aliphatic heterocycles. The smallest absolute Gasteiger partial charge is 0.223 e. The van der Waals surface area contributed by atoms with Crippen molar-refractivity contribution in [3.05, 3.63) is 66.4 Å².